The van der Waals surface area contributed by atoms with Gasteiger partial charge in [0.25, 0.3) is 5.91 Å². The van der Waals surface area contributed by atoms with Crippen molar-refractivity contribution in [3.63, 3.8) is 0 Å². The molecule has 0 unspecified atom stereocenters. The number of aromatic nitrogens is 1. The van der Waals surface area contributed by atoms with Gasteiger partial charge in [0, 0.05) is 13.1 Å². The topological polar surface area (TPSA) is 81.9 Å². The molecule has 1 saturated heterocycles. The van der Waals surface area contributed by atoms with Gasteiger partial charge in [-0.15, -0.1) is 0 Å². The number of carbonyl (C=O) groups is 2. The van der Waals surface area contributed by atoms with Crippen molar-refractivity contribution < 1.29 is 23.6 Å². The number of likely N-dealkylation sites (tertiary alicyclic amines) is 1. The average Bonchev–Trinajstić information content (AvgIpc) is 2.91. The van der Waals surface area contributed by atoms with Gasteiger partial charge >= 0.3 is 5.97 Å². The first-order chi connectivity index (χ1) is 14.0. The molecule has 1 aromatic heterocycles. The van der Waals surface area contributed by atoms with Gasteiger partial charge in [-0.25, -0.2) is 4.79 Å². The zero-order valence-electron chi connectivity index (χ0n) is 17.3. The Morgan fingerprint density at radius 1 is 1.17 bits per heavy atom. The number of benzene rings is 1. The molecule has 3 rings (SSSR count). The van der Waals surface area contributed by atoms with Gasteiger partial charge in [0.05, 0.1) is 16.8 Å². The van der Waals surface area contributed by atoms with E-state index in [9.17, 15) is 9.59 Å². The van der Waals surface area contributed by atoms with Gasteiger partial charge in [0.2, 0.25) is 0 Å². The molecule has 1 atom stereocenters. The van der Waals surface area contributed by atoms with Crippen LogP contribution >= 0.6 is 0 Å². The van der Waals surface area contributed by atoms with Gasteiger partial charge in [0.15, 0.2) is 6.10 Å². The zero-order valence-corrected chi connectivity index (χ0v) is 17.3. The molecule has 2 aromatic rings. The summed E-state index contributed by atoms with van der Waals surface area (Å²) < 4.78 is 16.3. The SMILES string of the molecule is Cc1noc(C)c1COc1cccc(C(=O)O[C@@H](C)C(=O)N2CCCCCC2)c1. The van der Waals surface area contributed by atoms with Crippen molar-refractivity contribution in [1.29, 1.82) is 0 Å². The van der Waals surface area contributed by atoms with Crippen LogP contribution in [0.5, 0.6) is 5.75 Å². The maximum Gasteiger partial charge on any atom is 0.339 e. The van der Waals surface area contributed by atoms with Crippen LogP contribution in [0.15, 0.2) is 28.8 Å². The fraction of sp³-hybridized carbons (Fsp3) is 0.500. The third-order valence-electron chi connectivity index (χ3n) is 5.18. The molecule has 156 valence electrons. The molecule has 1 aromatic carbocycles. The van der Waals surface area contributed by atoms with E-state index in [1.54, 1.807) is 36.1 Å². The number of rotatable bonds is 6. The first kappa shape index (κ1) is 20.9. The van der Waals surface area contributed by atoms with Crippen molar-refractivity contribution in [2.45, 2.75) is 59.2 Å². The van der Waals surface area contributed by atoms with Crippen LogP contribution in [0, 0.1) is 13.8 Å². The second-order valence-electron chi connectivity index (χ2n) is 7.41. The van der Waals surface area contributed by atoms with E-state index in [0.29, 0.717) is 23.7 Å². The molecule has 1 fully saturated rings. The standard InChI is InChI=1S/C22H28N2O5/c1-15-20(16(2)29-23-15)14-27-19-10-8-9-18(13-19)22(26)28-17(3)21(25)24-11-6-4-5-7-12-24/h8-10,13,17H,4-7,11-12,14H2,1-3H3/t17-/m0/s1. The highest BCUT2D eigenvalue weighted by Crippen LogP contribution is 2.20. The number of esters is 1. The fourth-order valence-electron chi connectivity index (χ4n) is 3.40. The van der Waals surface area contributed by atoms with Crippen molar-refractivity contribution in [1.82, 2.24) is 10.1 Å². The highest BCUT2D eigenvalue weighted by molar-refractivity contribution is 5.92. The minimum atomic E-state index is -0.813. The van der Waals surface area contributed by atoms with Gasteiger partial charge in [0.1, 0.15) is 18.1 Å². The highest BCUT2D eigenvalue weighted by atomic mass is 16.5. The summed E-state index contributed by atoms with van der Waals surface area (Å²) in [5.41, 5.74) is 2.00. The second kappa shape index (κ2) is 9.58. The summed E-state index contributed by atoms with van der Waals surface area (Å²) in [7, 11) is 0. The van der Waals surface area contributed by atoms with Crippen LogP contribution in [-0.2, 0) is 16.1 Å². The first-order valence-electron chi connectivity index (χ1n) is 10.1. The third-order valence-corrected chi connectivity index (χ3v) is 5.18. The van der Waals surface area contributed by atoms with Crippen molar-refractivity contribution in [3.8, 4) is 5.75 Å². The number of hydrogen-bond donors (Lipinski definition) is 0. The van der Waals surface area contributed by atoms with Crippen LogP contribution in [0.3, 0.4) is 0 Å². The Bertz CT molecular complexity index is 833. The van der Waals surface area contributed by atoms with Crippen LogP contribution in [0.1, 0.15) is 60.0 Å². The largest absolute Gasteiger partial charge is 0.489 e. The van der Waals surface area contributed by atoms with Gasteiger partial charge in [-0.1, -0.05) is 24.1 Å². The summed E-state index contributed by atoms with van der Waals surface area (Å²) in [6, 6.07) is 6.75. The Balaban J connectivity index is 1.59. The zero-order chi connectivity index (χ0) is 20.8. The predicted octanol–water partition coefficient (Wildman–Crippen LogP) is 3.82. The van der Waals surface area contributed by atoms with E-state index in [-0.39, 0.29) is 5.91 Å². The minimum absolute atomic E-state index is 0.133. The molecular formula is C22H28N2O5. The lowest BCUT2D eigenvalue weighted by Gasteiger charge is -2.24. The molecule has 0 aliphatic carbocycles. The normalized spacial score (nSPS) is 15.5. The van der Waals surface area contributed by atoms with Crippen LogP contribution < -0.4 is 4.74 Å². The summed E-state index contributed by atoms with van der Waals surface area (Å²) >= 11 is 0. The lowest BCUT2D eigenvalue weighted by Crippen LogP contribution is -2.40. The number of carbonyl (C=O) groups excluding carboxylic acids is 2. The van der Waals surface area contributed by atoms with Crippen molar-refractivity contribution in [2.24, 2.45) is 0 Å². The number of ether oxygens (including phenoxy) is 2. The second-order valence-corrected chi connectivity index (χ2v) is 7.41. The fourth-order valence-corrected chi connectivity index (χ4v) is 3.40. The Morgan fingerprint density at radius 2 is 1.90 bits per heavy atom. The molecular weight excluding hydrogens is 372 g/mol. The van der Waals surface area contributed by atoms with Crippen molar-refractivity contribution in [3.05, 3.63) is 46.8 Å². The van der Waals surface area contributed by atoms with E-state index in [0.717, 1.165) is 50.0 Å². The molecule has 0 bridgehead atoms. The van der Waals surface area contributed by atoms with Gasteiger partial charge in [-0.3, -0.25) is 4.79 Å². The Morgan fingerprint density at radius 3 is 2.55 bits per heavy atom. The van der Waals surface area contributed by atoms with Gasteiger partial charge in [-0.05, 0) is 51.8 Å². The Labute approximate surface area is 171 Å². The summed E-state index contributed by atoms with van der Waals surface area (Å²) in [5.74, 6) is 0.569. The molecule has 1 aliphatic heterocycles. The third kappa shape index (κ3) is 5.37. The summed E-state index contributed by atoms with van der Waals surface area (Å²) in [4.78, 5) is 26.9. The van der Waals surface area contributed by atoms with E-state index in [2.05, 4.69) is 5.16 Å². The van der Waals surface area contributed by atoms with Crippen LogP contribution in [0.25, 0.3) is 0 Å². The number of aryl methyl sites for hydroxylation is 2. The molecule has 0 N–H and O–H groups in total. The van der Waals surface area contributed by atoms with E-state index in [1.165, 1.54) is 0 Å². The summed E-state index contributed by atoms with van der Waals surface area (Å²) in [5, 5.41) is 3.90. The van der Waals surface area contributed by atoms with Gasteiger partial charge in [-0.2, -0.15) is 0 Å². The summed E-state index contributed by atoms with van der Waals surface area (Å²) in [6.07, 6.45) is 3.46. The minimum Gasteiger partial charge on any atom is -0.489 e. The molecule has 2 heterocycles. The highest BCUT2D eigenvalue weighted by Gasteiger charge is 2.25. The number of hydrogen-bond acceptors (Lipinski definition) is 6. The van der Waals surface area contributed by atoms with Crippen LogP contribution in [-0.4, -0.2) is 41.1 Å². The van der Waals surface area contributed by atoms with Crippen LogP contribution in [0.4, 0.5) is 0 Å². The monoisotopic (exact) mass is 400 g/mol. The average molecular weight is 400 g/mol. The van der Waals surface area contributed by atoms with E-state index in [4.69, 9.17) is 14.0 Å². The molecule has 0 radical (unpaired) electrons. The quantitative estimate of drug-likeness (QED) is 0.686. The van der Waals surface area contributed by atoms with E-state index < -0.39 is 12.1 Å². The molecule has 29 heavy (non-hydrogen) atoms. The number of amides is 1. The molecule has 7 nitrogen and oxygen atoms in total. The smallest absolute Gasteiger partial charge is 0.339 e. The first-order valence-corrected chi connectivity index (χ1v) is 10.1. The maximum atomic E-state index is 12.6. The van der Waals surface area contributed by atoms with Crippen molar-refractivity contribution in [2.75, 3.05) is 13.1 Å². The van der Waals surface area contributed by atoms with Gasteiger partial charge < -0.3 is 18.9 Å². The molecule has 0 spiro atoms. The summed E-state index contributed by atoms with van der Waals surface area (Å²) in [6.45, 7) is 7.06. The Kier molecular flexibility index (Phi) is 6.90. The molecule has 1 aliphatic rings. The Hall–Kier alpha value is -2.83. The lowest BCUT2D eigenvalue weighted by molar-refractivity contribution is -0.139. The number of nitrogens with zero attached hydrogens (tertiary/aromatic N) is 2. The molecule has 0 saturated carbocycles. The lowest BCUT2D eigenvalue weighted by atomic mass is 10.2. The van der Waals surface area contributed by atoms with E-state index >= 15 is 0 Å². The maximum absolute atomic E-state index is 12.6. The molecule has 7 heteroatoms. The predicted molar refractivity (Wildman–Crippen MR) is 107 cm³/mol. The van der Waals surface area contributed by atoms with E-state index in [1.807, 2.05) is 13.8 Å². The molecule has 1 amide bonds. The van der Waals surface area contributed by atoms with Crippen LogP contribution in [0.2, 0.25) is 0 Å². The van der Waals surface area contributed by atoms with Crippen molar-refractivity contribution >= 4 is 11.9 Å².